The Hall–Kier alpha value is -2.44. The Labute approximate surface area is 176 Å². The van der Waals surface area contributed by atoms with E-state index < -0.39 is 0 Å². The maximum atomic E-state index is 13.1. The summed E-state index contributed by atoms with van der Waals surface area (Å²) < 4.78 is 6.92. The van der Waals surface area contributed by atoms with E-state index in [1.807, 2.05) is 45.3 Å². The molecule has 0 N–H and O–H groups in total. The van der Waals surface area contributed by atoms with E-state index in [0.29, 0.717) is 12.3 Å². The lowest BCUT2D eigenvalue weighted by Gasteiger charge is -2.21. The molecule has 154 valence electrons. The summed E-state index contributed by atoms with van der Waals surface area (Å²) >= 11 is 1.58. The van der Waals surface area contributed by atoms with Gasteiger partial charge in [-0.15, -0.1) is 0 Å². The first-order valence-corrected chi connectivity index (χ1v) is 10.7. The number of aromatic nitrogens is 1. The molecule has 0 fully saturated rings. The lowest BCUT2D eigenvalue weighted by Crippen LogP contribution is -2.36. The summed E-state index contributed by atoms with van der Waals surface area (Å²) in [7, 11) is 4.08. The predicted octanol–water partition coefficient (Wildman–Crippen LogP) is 4.59. The van der Waals surface area contributed by atoms with Gasteiger partial charge in [0.25, 0.3) is 5.91 Å². The number of carbonyl (C=O) groups is 1. The zero-order valence-corrected chi connectivity index (χ0v) is 18.7. The molecule has 2 aromatic carbocycles. The summed E-state index contributed by atoms with van der Waals surface area (Å²) in [5.41, 5.74) is 4.40. The highest BCUT2D eigenvalue weighted by Crippen LogP contribution is 2.33. The van der Waals surface area contributed by atoms with Crippen LogP contribution >= 0.6 is 11.3 Å². The number of anilines is 1. The van der Waals surface area contributed by atoms with E-state index >= 15 is 0 Å². The highest BCUT2D eigenvalue weighted by molar-refractivity contribution is 7.22. The van der Waals surface area contributed by atoms with Gasteiger partial charge < -0.3 is 9.64 Å². The largest absolute Gasteiger partial charge is 0.484 e. The van der Waals surface area contributed by atoms with Gasteiger partial charge >= 0.3 is 0 Å². The van der Waals surface area contributed by atoms with Crippen molar-refractivity contribution in [2.45, 2.75) is 27.2 Å². The summed E-state index contributed by atoms with van der Waals surface area (Å²) in [4.78, 5) is 21.8. The van der Waals surface area contributed by atoms with Crippen LogP contribution in [0.4, 0.5) is 5.13 Å². The Morgan fingerprint density at radius 1 is 1.07 bits per heavy atom. The molecule has 0 aliphatic carbocycles. The molecule has 1 amide bonds. The fourth-order valence-electron chi connectivity index (χ4n) is 3.16. The number of carbonyl (C=O) groups excluding carboxylic acids is 1. The molecule has 1 aromatic heterocycles. The molecule has 1 heterocycles. The summed E-state index contributed by atoms with van der Waals surface area (Å²) in [6, 6.07) is 11.9. The van der Waals surface area contributed by atoms with Crippen LogP contribution in [0.25, 0.3) is 10.2 Å². The molecule has 0 spiro atoms. The third-order valence-electron chi connectivity index (χ3n) is 4.80. The third-order valence-corrected chi connectivity index (χ3v) is 6.02. The van der Waals surface area contributed by atoms with Crippen molar-refractivity contribution in [2.75, 3.05) is 38.7 Å². The molecule has 29 heavy (non-hydrogen) atoms. The van der Waals surface area contributed by atoms with Crippen molar-refractivity contribution in [3.05, 3.63) is 53.1 Å². The molecule has 0 bridgehead atoms. The fourth-order valence-corrected chi connectivity index (χ4v) is 4.32. The quantitative estimate of drug-likeness (QED) is 0.544. The van der Waals surface area contributed by atoms with Gasteiger partial charge in [-0.2, -0.15) is 0 Å². The van der Waals surface area contributed by atoms with Gasteiger partial charge in [0.05, 0.1) is 10.2 Å². The Kier molecular flexibility index (Phi) is 6.87. The maximum Gasteiger partial charge on any atom is 0.266 e. The van der Waals surface area contributed by atoms with Crippen LogP contribution in [0.15, 0.2) is 36.4 Å². The molecule has 5 nitrogen and oxygen atoms in total. The molecule has 0 unspecified atom stereocenters. The average Bonchev–Trinajstić information content (AvgIpc) is 3.12. The van der Waals surface area contributed by atoms with Crippen LogP contribution in [0.1, 0.15) is 23.1 Å². The first-order chi connectivity index (χ1) is 13.8. The third kappa shape index (κ3) is 5.34. The number of hydrogen-bond acceptors (Lipinski definition) is 5. The lowest BCUT2D eigenvalue weighted by molar-refractivity contribution is -0.120. The van der Waals surface area contributed by atoms with E-state index in [0.717, 1.165) is 39.4 Å². The number of thiazole rings is 1. The summed E-state index contributed by atoms with van der Waals surface area (Å²) in [5.74, 6) is 0.641. The number of hydrogen-bond donors (Lipinski definition) is 0. The second-order valence-corrected chi connectivity index (χ2v) is 8.66. The molecule has 0 aliphatic rings. The van der Waals surface area contributed by atoms with Gasteiger partial charge in [0, 0.05) is 6.54 Å². The number of benzene rings is 2. The summed E-state index contributed by atoms with van der Waals surface area (Å²) in [6.07, 6.45) is 0.872. The van der Waals surface area contributed by atoms with Crippen molar-refractivity contribution in [3.8, 4) is 5.75 Å². The Morgan fingerprint density at radius 2 is 1.83 bits per heavy atom. The molecule has 6 heteroatoms. The molecule has 0 saturated heterocycles. The van der Waals surface area contributed by atoms with Gasteiger partial charge in [-0.1, -0.05) is 35.6 Å². The molecule has 3 rings (SSSR count). The second-order valence-electron chi connectivity index (χ2n) is 7.68. The van der Waals surface area contributed by atoms with E-state index in [1.165, 1.54) is 5.56 Å². The summed E-state index contributed by atoms with van der Waals surface area (Å²) in [6.45, 7) is 7.68. The topological polar surface area (TPSA) is 45.7 Å². The van der Waals surface area contributed by atoms with Crippen molar-refractivity contribution in [3.63, 3.8) is 0 Å². The van der Waals surface area contributed by atoms with Gasteiger partial charge in [-0.3, -0.25) is 9.69 Å². The van der Waals surface area contributed by atoms with Gasteiger partial charge in [-0.05, 0) is 76.7 Å². The zero-order valence-electron chi connectivity index (χ0n) is 17.9. The van der Waals surface area contributed by atoms with Crippen LogP contribution < -0.4 is 9.64 Å². The number of aryl methyl sites for hydroxylation is 3. The molecular weight excluding hydrogens is 382 g/mol. The summed E-state index contributed by atoms with van der Waals surface area (Å²) in [5, 5.41) is 0.744. The van der Waals surface area contributed by atoms with Crippen molar-refractivity contribution < 1.29 is 9.53 Å². The average molecular weight is 412 g/mol. The van der Waals surface area contributed by atoms with Crippen molar-refractivity contribution in [1.29, 1.82) is 0 Å². The SMILES string of the molecule is Cc1cccc(OCC(=O)N(CCCN(C)C)c2nc3c(C)ccc(C)c3s2)c1. The van der Waals surface area contributed by atoms with Crippen LogP contribution in [-0.2, 0) is 4.79 Å². The molecule has 0 radical (unpaired) electrons. The van der Waals surface area contributed by atoms with E-state index in [1.54, 1.807) is 16.2 Å². The highest BCUT2D eigenvalue weighted by Gasteiger charge is 2.21. The maximum absolute atomic E-state index is 13.1. The molecule has 3 aromatic rings. The van der Waals surface area contributed by atoms with Gasteiger partial charge in [-0.25, -0.2) is 4.98 Å². The number of fused-ring (bicyclic) bond motifs is 1. The van der Waals surface area contributed by atoms with Crippen molar-refractivity contribution in [1.82, 2.24) is 9.88 Å². The smallest absolute Gasteiger partial charge is 0.266 e. The van der Waals surface area contributed by atoms with Crippen molar-refractivity contribution in [2.24, 2.45) is 0 Å². The van der Waals surface area contributed by atoms with Crippen LogP contribution in [-0.4, -0.2) is 49.6 Å². The van der Waals surface area contributed by atoms with E-state index in [2.05, 4.69) is 30.9 Å². The minimum atomic E-state index is -0.0698. The molecule has 0 atom stereocenters. The van der Waals surface area contributed by atoms with Crippen LogP contribution in [0.3, 0.4) is 0 Å². The Morgan fingerprint density at radius 3 is 2.52 bits per heavy atom. The van der Waals surface area contributed by atoms with E-state index in [9.17, 15) is 4.79 Å². The van der Waals surface area contributed by atoms with Gasteiger partial charge in [0.1, 0.15) is 5.75 Å². The van der Waals surface area contributed by atoms with Gasteiger partial charge in [0.2, 0.25) is 0 Å². The molecule has 0 aliphatic heterocycles. The van der Waals surface area contributed by atoms with Gasteiger partial charge in [0.15, 0.2) is 11.7 Å². The number of amides is 1. The van der Waals surface area contributed by atoms with Crippen molar-refractivity contribution >= 4 is 32.6 Å². The second kappa shape index (κ2) is 9.37. The van der Waals surface area contributed by atoms with E-state index in [4.69, 9.17) is 9.72 Å². The fraction of sp³-hybridized carbons (Fsp3) is 0.391. The number of ether oxygens (including phenoxy) is 1. The number of nitrogens with zero attached hydrogens (tertiary/aromatic N) is 3. The number of rotatable bonds is 8. The predicted molar refractivity (Wildman–Crippen MR) is 121 cm³/mol. The standard InChI is InChI=1S/C23H29N3O2S/c1-16-8-6-9-19(14-16)28-15-20(27)26(13-7-12-25(4)5)23-24-21-17(2)10-11-18(3)22(21)29-23/h6,8-11,14H,7,12-13,15H2,1-5H3. The minimum absolute atomic E-state index is 0.000687. The first-order valence-electron chi connectivity index (χ1n) is 9.86. The van der Waals surface area contributed by atoms with Crippen LogP contribution in [0.2, 0.25) is 0 Å². The van der Waals surface area contributed by atoms with Crippen LogP contribution in [0, 0.1) is 20.8 Å². The lowest BCUT2D eigenvalue weighted by atomic mass is 10.1. The Bertz CT molecular complexity index is 958. The minimum Gasteiger partial charge on any atom is -0.484 e. The Balaban J connectivity index is 1.82. The van der Waals surface area contributed by atoms with E-state index in [-0.39, 0.29) is 12.5 Å². The molecular formula is C23H29N3O2S. The molecule has 0 saturated carbocycles. The first kappa shape index (κ1) is 21.3. The van der Waals surface area contributed by atoms with Crippen LogP contribution in [0.5, 0.6) is 5.75 Å². The highest BCUT2D eigenvalue weighted by atomic mass is 32.1. The zero-order chi connectivity index (χ0) is 21.0. The normalized spacial score (nSPS) is 11.2. The monoisotopic (exact) mass is 411 g/mol.